The first-order valence-electron chi connectivity index (χ1n) is 11.3. The minimum absolute atomic E-state index is 0.197. The lowest BCUT2D eigenvalue weighted by Crippen LogP contribution is -2.30. The number of hydrogen-bond acceptors (Lipinski definition) is 5. The van der Waals surface area contributed by atoms with Gasteiger partial charge in [-0.05, 0) is 57.1 Å². The van der Waals surface area contributed by atoms with Gasteiger partial charge in [-0.15, -0.1) is 11.3 Å². The highest BCUT2D eigenvalue weighted by molar-refractivity contribution is 7.19. The van der Waals surface area contributed by atoms with Gasteiger partial charge in [-0.25, -0.2) is 0 Å². The molecule has 1 aliphatic carbocycles. The molecule has 32 heavy (non-hydrogen) atoms. The number of fused-ring (bicyclic) bond motifs is 3. The molecule has 170 valence electrons. The first kappa shape index (κ1) is 22.7. The third-order valence-corrected chi connectivity index (χ3v) is 7.61. The van der Waals surface area contributed by atoms with Crippen LogP contribution in [-0.2, 0) is 28.9 Å². The van der Waals surface area contributed by atoms with E-state index in [-0.39, 0.29) is 18.6 Å². The maximum absolute atomic E-state index is 13.9. The Morgan fingerprint density at radius 1 is 1.31 bits per heavy atom. The number of carboxylic acid groups (broad SMARTS) is 1. The zero-order valence-electron chi connectivity index (χ0n) is 18.9. The molecule has 0 amide bonds. The summed E-state index contributed by atoms with van der Waals surface area (Å²) in [5, 5.41) is 11.2. The summed E-state index contributed by atoms with van der Waals surface area (Å²) in [4.78, 5) is 33.1. The van der Waals surface area contributed by atoms with Crippen LogP contribution in [0.3, 0.4) is 0 Å². The van der Waals surface area contributed by atoms with Gasteiger partial charge < -0.3 is 9.84 Å². The molecule has 1 atom stereocenters. The first-order chi connectivity index (χ1) is 15.5. The van der Waals surface area contributed by atoms with Gasteiger partial charge in [0.25, 0.3) is 5.56 Å². The Labute approximate surface area is 191 Å². The van der Waals surface area contributed by atoms with E-state index in [0.29, 0.717) is 12.1 Å². The first-order valence-corrected chi connectivity index (χ1v) is 12.1. The molecule has 0 fully saturated rings. The van der Waals surface area contributed by atoms with Gasteiger partial charge in [0.15, 0.2) is 0 Å². The van der Waals surface area contributed by atoms with Gasteiger partial charge in [0.1, 0.15) is 4.83 Å². The summed E-state index contributed by atoms with van der Waals surface area (Å²) in [6.07, 6.45) is 7.06. The van der Waals surface area contributed by atoms with Crippen LogP contribution in [0.4, 0.5) is 0 Å². The van der Waals surface area contributed by atoms with Crippen molar-refractivity contribution >= 4 is 27.5 Å². The number of methoxy groups -OCH3 is 1. The van der Waals surface area contributed by atoms with Gasteiger partial charge in [-0.1, -0.05) is 13.0 Å². The van der Waals surface area contributed by atoms with Crippen LogP contribution in [0.15, 0.2) is 23.1 Å². The fourth-order valence-corrected chi connectivity index (χ4v) is 6.19. The highest BCUT2D eigenvalue weighted by atomic mass is 32.1. The number of aliphatic carboxylic acids is 1. The fourth-order valence-electron chi connectivity index (χ4n) is 4.77. The number of hydrogen-bond donors (Lipinski definition) is 1. The lowest BCUT2D eigenvalue weighted by molar-refractivity contribution is -0.139. The fraction of sp³-hybridized carbons (Fsp3) is 0.480. The molecule has 1 aliphatic rings. The third-order valence-electron chi connectivity index (χ3n) is 6.30. The van der Waals surface area contributed by atoms with Gasteiger partial charge in [-0.3, -0.25) is 19.1 Å². The molecule has 0 aromatic carbocycles. The summed E-state index contributed by atoms with van der Waals surface area (Å²) in [6.45, 7) is 4.81. The number of carboxylic acids is 1. The highest BCUT2D eigenvalue weighted by Crippen LogP contribution is 2.44. The third kappa shape index (κ3) is 3.99. The molecule has 3 heterocycles. The van der Waals surface area contributed by atoms with E-state index in [1.165, 1.54) is 10.4 Å². The Morgan fingerprint density at radius 3 is 2.75 bits per heavy atom. The van der Waals surface area contributed by atoms with E-state index in [2.05, 4.69) is 4.98 Å². The van der Waals surface area contributed by atoms with Crippen LogP contribution >= 0.6 is 11.3 Å². The Balaban J connectivity index is 2.15. The highest BCUT2D eigenvalue weighted by Gasteiger charge is 2.32. The molecule has 0 bridgehead atoms. The molecule has 3 aromatic heterocycles. The minimum Gasteiger partial charge on any atom is -0.481 e. The Morgan fingerprint density at radius 2 is 2.09 bits per heavy atom. The summed E-state index contributed by atoms with van der Waals surface area (Å²) in [6, 6.07) is 3.89. The number of thiophene rings is 1. The maximum Gasteiger partial charge on any atom is 0.311 e. The second-order valence-corrected chi connectivity index (χ2v) is 9.58. The SMILES string of the molecule is CCCn1c(=O)c(C(CCOC)C(=O)O)c(-c2ccc(C)nc2)c2c3c(sc21)CCCC3. The Kier molecular flexibility index (Phi) is 6.76. The average molecular weight is 455 g/mol. The van der Waals surface area contributed by atoms with E-state index in [1.807, 2.05) is 30.5 Å². The second kappa shape index (κ2) is 9.55. The minimum atomic E-state index is -0.994. The molecule has 1 unspecified atom stereocenters. The molecule has 0 radical (unpaired) electrons. The van der Waals surface area contributed by atoms with Crippen molar-refractivity contribution < 1.29 is 14.6 Å². The molecular formula is C25H30N2O4S. The molecule has 1 N–H and O–H groups in total. The lowest BCUT2D eigenvalue weighted by Gasteiger charge is -2.21. The molecular weight excluding hydrogens is 424 g/mol. The van der Waals surface area contributed by atoms with E-state index in [9.17, 15) is 14.7 Å². The smallest absolute Gasteiger partial charge is 0.311 e. The molecule has 0 saturated carbocycles. The maximum atomic E-state index is 13.9. The van der Waals surface area contributed by atoms with E-state index in [0.717, 1.165) is 59.1 Å². The summed E-state index contributed by atoms with van der Waals surface area (Å²) in [5.74, 6) is -1.93. The summed E-state index contributed by atoms with van der Waals surface area (Å²) >= 11 is 1.71. The van der Waals surface area contributed by atoms with Gasteiger partial charge >= 0.3 is 5.97 Å². The predicted molar refractivity (Wildman–Crippen MR) is 128 cm³/mol. The predicted octanol–water partition coefficient (Wildman–Crippen LogP) is 4.93. The number of rotatable bonds is 8. The quantitative estimate of drug-likeness (QED) is 0.522. The average Bonchev–Trinajstić information content (AvgIpc) is 3.16. The van der Waals surface area contributed by atoms with Crippen molar-refractivity contribution in [2.24, 2.45) is 0 Å². The van der Waals surface area contributed by atoms with Crippen molar-refractivity contribution in [2.75, 3.05) is 13.7 Å². The van der Waals surface area contributed by atoms with E-state index < -0.39 is 11.9 Å². The molecule has 4 rings (SSSR count). The van der Waals surface area contributed by atoms with E-state index >= 15 is 0 Å². The van der Waals surface area contributed by atoms with Gasteiger partial charge in [0, 0.05) is 59.1 Å². The zero-order valence-corrected chi connectivity index (χ0v) is 19.8. The zero-order chi connectivity index (χ0) is 22.8. The standard InChI is InChI=1S/C25H30N2O4S/c1-4-12-27-23(28)21(18(25(29)30)11-13-31-3)20(16-10-9-15(2)26-14-16)22-17-7-5-6-8-19(17)32-24(22)27/h9-10,14,18H,4-8,11-13H2,1-3H3,(H,29,30). The number of aromatic nitrogens is 2. The Hall–Kier alpha value is -2.51. The Bertz CT molecular complexity index is 1190. The van der Waals surface area contributed by atoms with E-state index in [4.69, 9.17) is 4.74 Å². The van der Waals surface area contributed by atoms with Gasteiger partial charge in [-0.2, -0.15) is 0 Å². The number of carbonyl (C=O) groups is 1. The van der Waals surface area contributed by atoms with Crippen LogP contribution in [0.2, 0.25) is 0 Å². The monoisotopic (exact) mass is 454 g/mol. The molecule has 3 aromatic rings. The second-order valence-electron chi connectivity index (χ2n) is 8.50. The van der Waals surface area contributed by atoms with Crippen molar-refractivity contribution in [3.05, 3.63) is 50.4 Å². The van der Waals surface area contributed by atoms with Crippen molar-refractivity contribution in [3.8, 4) is 11.1 Å². The van der Waals surface area contributed by atoms with E-state index in [1.54, 1.807) is 24.6 Å². The van der Waals surface area contributed by atoms with Gasteiger partial charge in [0.2, 0.25) is 0 Å². The van der Waals surface area contributed by atoms with Crippen LogP contribution in [0, 0.1) is 6.92 Å². The molecule has 6 nitrogen and oxygen atoms in total. The summed E-state index contributed by atoms with van der Waals surface area (Å²) < 4.78 is 7.02. The largest absolute Gasteiger partial charge is 0.481 e. The van der Waals surface area contributed by atoms with Crippen LogP contribution in [0.25, 0.3) is 21.3 Å². The molecule has 0 spiro atoms. The number of pyridine rings is 2. The van der Waals surface area contributed by atoms with Crippen LogP contribution in [-0.4, -0.2) is 34.3 Å². The lowest BCUT2D eigenvalue weighted by atomic mass is 9.85. The van der Waals surface area contributed by atoms with Crippen LogP contribution in [0.1, 0.15) is 60.2 Å². The molecule has 0 saturated heterocycles. The number of aryl methyl sites for hydroxylation is 4. The van der Waals surface area contributed by atoms with Crippen LogP contribution in [0.5, 0.6) is 0 Å². The summed E-state index contributed by atoms with van der Waals surface area (Å²) in [5.41, 5.74) is 3.91. The number of nitrogens with zero attached hydrogens (tertiary/aromatic N) is 2. The topological polar surface area (TPSA) is 81.4 Å². The molecule has 0 aliphatic heterocycles. The summed E-state index contributed by atoms with van der Waals surface area (Å²) in [7, 11) is 1.55. The number of ether oxygens (including phenoxy) is 1. The van der Waals surface area contributed by atoms with Crippen molar-refractivity contribution in [1.29, 1.82) is 0 Å². The molecule has 7 heteroatoms. The van der Waals surface area contributed by atoms with Crippen molar-refractivity contribution in [2.45, 2.75) is 64.8 Å². The normalized spacial score (nSPS) is 14.5. The van der Waals surface area contributed by atoms with Crippen LogP contribution < -0.4 is 5.56 Å². The van der Waals surface area contributed by atoms with Crippen molar-refractivity contribution in [1.82, 2.24) is 9.55 Å². The van der Waals surface area contributed by atoms with Crippen molar-refractivity contribution in [3.63, 3.8) is 0 Å². The van der Waals surface area contributed by atoms with Gasteiger partial charge in [0.05, 0.1) is 5.92 Å².